The van der Waals surface area contributed by atoms with Gasteiger partial charge in [-0.05, 0) is 26.3 Å². The van der Waals surface area contributed by atoms with Crippen LogP contribution in [0.25, 0.3) is 0 Å². The molecule has 0 aromatic carbocycles. The van der Waals surface area contributed by atoms with Gasteiger partial charge in [0.2, 0.25) is 0 Å². The van der Waals surface area contributed by atoms with E-state index in [0.29, 0.717) is 5.75 Å². The second-order valence-electron chi connectivity index (χ2n) is 3.89. The van der Waals surface area contributed by atoms with Gasteiger partial charge in [-0.25, -0.2) is 0 Å². The molecule has 0 saturated heterocycles. The van der Waals surface area contributed by atoms with Gasteiger partial charge in [-0.3, -0.25) is 4.68 Å². The number of rotatable bonds is 4. The quantitative estimate of drug-likeness (QED) is 0.779. The molecule has 1 aromatic rings. The molecule has 1 atom stereocenters. The zero-order valence-corrected chi connectivity index (χ0v) is 10.1. The molecule has 1 aromatic heterocycles. The smallest absolute Gasteiger partial charge is 0.0940 e. The van der Waals surface area contributed by atoms with Gasteiger partial charge in [0.1, 0.15) is 0 Å². The SMILES string of the molecule is CCC(C)(O)CSc1cc(C)nn1C. The summed E-state index contributed by atoms with van der Waals surface area (Å²) in [6.45, 7) is 5.83. The molecule has 0 aliphatic heterocycles. The lowest BCUT2D eigenvalue weighted by Crippen LogP contribution is -2.25. The lowest BCUT2D eigenvalue weighted by atomic mass is 10.1. The molecule has 0 radical (unpaired) electrons. The van der Waals surface area contributed by atoms with E-state index in [2.05, 4.69) is 5.10 Å². The van der Waals surface area contributed by atoms with Gasteiger partial charge in [0.15, 0.2) is 0 Å². The van der Waals surface area contributed by atoms with Crippen LogP contribution in [-0.2, 0) is 7.05 Å². The molecule has 3 nitrogen and oxygen atoms in total. The van der Waals surface area contributed by atoms with Gasteiger partial charge >= 0.3 is 0 Å². The summed E-state index contributed by atoms with van der Waals surface area (Å²) in [5.41, 5.74) is 0.439. The summed E-state index contributed by atoms with van der Waals surface area (Å²) in [4.78, 5) is 0. The van der Waals surface area contributed by atoms with Crippen LogP contribution < -0.4 is 0 Å². The van der Waals surface area contributed by atoms with Crippen molar-refractivity contribution in [2.45, 2.75) is 37.8 Å². The highest BCUT2D eigenvalue weighted by molar-refractivity contribution is 7.99. The van der Waals surface area contributed by atoms with Crippen LogP contribution in [0.5, 0.6) is 0 Å². The van der Waals surface area contributed by atoms with Crippen molar-refractivity contribution in [1.82, 2.24) is 9.78 Å². The van der Waals surface area contributed by atoms with E-state index in [1.54, 1.807) is 11.8 Å². The first-order valence-corrected chi connectivity index (χ1v) is 5.79. The van der Waals surface area contributed by atoms with Crippen molar-refractivity contribution in [3.63, 3.8) is 0 Å². The van der Waals surface area contributed by atoms with Gasteiger partial charge in [0.05, 0.1) is 16.3 Å². The molecule has 80 valence electrons. The lowest BCUT2D eigenvalue weighted by Gasteiger charge is -2.20. The highest BCUT2D eigenvalue weighted by Gasteiger charge is 2.18. The second kappa shape index (κ2) is 4.36. The molecule has 1 N–H and O–H groups in total. The standard InChI is InChI=1S/C10H18N2OS/c1-5-10(3,13)7-14-9-6-8(2)11-12(9)4/h6,13H,5,7H2,1-4H3. The van der Waals surface area contributed by atoms with Crippen molar-refractivity contribution in [3.8, 4) is 0 Å². The van der Waals surface area contributed by atoms with Crippen LogP contribution in [0.4, 0.5) is 0 Å². The molecule has 0 amide bonds. The van der Waals surface area contributed by atoms with Gasteiger partial charge in [-0.15, -0.1) is 11.8 Å². The number of thioether (sulfide) groups is 1. The molecule has 0 bridgehead atoms. The number of hydrogen-bond donors (Lipinski definition) is 1. The van der Waals surface area contributed by atoms with Crippen LogP contribution in [0.1, 0.15) is 26.0 Å². The number of aliphatic hydroxyl groups is 1. The maximum absolute atomic E-state index is 9.83. The van der Waals surface area contributed by atoms with Crippen molar-refractivity contribution in [3.05, 3.63) is 11.8 Å². The molecule has 0 fully saturated rings. The molecule has 1 unspecified atom stereocenters. The van der Waals surface area contributed by atoms with Gasteiger partial charge in [0.25, 0.3) is 0 Å². The fourth-order valence-corrected chi connectivity index (χ4v) is 2.20. The van der Waals surface area contributed by atoms with Crippen molar-refractivity contribution < 1.29 is 5.11 Å². The highest BCUT2D eigenvalue weighted by atomic mass is 32.2. The fourth-order valence-electron chi connectivity index (χ4n) is 1.05. The number of hydrogen-bond acceptors (Lipinski definition) is 3. The number of aryl methyl sites for hydroxylation is 2. The van der Waals surface area contributed by atoms with Crippen LogP contribution in [0.2, 0.25) is 0 Å². The Bertz CT molecular complexity index is 307. The van der Waals surface area contributed by atoms with Crippen LogP contribution in [0.15, 0.2) is 11.1 Å². The largest absolute Gasteiger partial charge is 0.389 e. The monoisotopic (exact) mass is 214 g/mol. The third kappa shape index (κ3) is 3.03. The van der Waals surface area contributed by atoms with Gasteiger partial charge < -0.3 is 5.11 Å². The van der Waals surface area contributed by atoms with E-state index in [1.807, 2.05) is 38.6 Å². The molecular weight excluding hydrogens is 196 g/mol. The summed E-state index contributed by atoms with van der Waals surface area (Å²) in [5.74, 6) is 0.711. The van der Waals surface area contributed by atoms with Crippen LogP contribution in [0.3, 0.4) is 0 Å². The zero-order chi connectivity index (χ0) is 10.8. The summed E-state index contributed by atoms with van der Waals surface area (Å²) < 4.78 is 1.85. The highest BCUT2D eigenvalue weighted by Crippen LogP contribution is 2.24. The Labute approximate surface area is 89.5 Å². The topological polar surface area (TPSA) is 38.1 Å². The van der Waals surface area contributed by atoms with Crippen LogP contribution in [0, 0.1) is 6.92 Å². The first-order chi connectivity index (χ1) is 6.44. The van der Waals surface area contributed by atoms with E-state index in [4.69, 9.17) is 0 Å². The normalized spacial score (nSPS) is 15.5. The summed E-state index contributed by atoms with van der Waals surface area (Å²) in [7, 11) is 1.93. The first-order valence-electron chi connectivity index (χ1n) is 4.80. The van der Waals surface area contributed by atoms with E-state index in [1.165, 1.54) is 0 Å². The first kappa shape index (κ1) is 11.6. The van der Waals surface area contributed by atoms with Crippen LogP contribution in [-0.4, -0.2) is 26.2 Å². The number of nitrogens with zero attached hydrogens (tertiary/aromatic N) is 2. The zero-order valence-electron chi connectivity index (χ0n) is 9.24. The molecule has 0 aliphatic carbocycles. The molecular formula is C10H18N2OS. The Kier molecular flexibility index (Phi) is 3.61. The average molecular weight is 214 g/mol. The molecule has 14 heavy (non-hydrogen) atoms. The Hall–Kier alpha value is -0.480. The summed E-state index contributed by atoms with van der Waals surface area (Å²) in [6, 6.07) is 2.04. The van der Waals surface area contributed by atoms with Crippen molar-refractivity contribution >= 4 is 11.8 Å². The minimum atomic E-state index is -0.581. The third-order valence-corrected chi connectivity index (χ3v) is 3.70. The van der Waals surface area contributed by atoms with E-state index in [-0.39, 0.29) is 0 Å². The average Bonchev–Trinajstić information content (AvgIpc) is 2.42. The molecule has 0 spiro atoms. The summed E-state index contributed by atoms with van der Waals surface area (Å²) in [5, 5.41) is 15.2. The van der Waals surface area contributed by atoms with Crippen molar-refractivity contribution in [2.75, 3.05) is 5.75 Å². The molecule has 4 heteroatoms. The molecule has 1 rings (SSSR count). The Balaban J connectivity index is 2.58. The molecule has 0 saturated carbocycles. The third-order valence-electron chi connectivity index (χ3n) is 2.25. The van der Waals surface area contributed by atoms with Crippen molar-refractivity contribution in [2.24, 2.45) is 7.05 Å². The summed E-state index contributed by atoms with van der Waals surface area (Å²) in [6.07, 6.45) is 0.775. The van der Waals surface area contributed by atoms with E-state index in [9.17, 15) is 5.11 Å². The predicted octanol–water partition coefficient (Wildman–Crippen LogP) is 1.98. The Morgan fingerprint density at radius 2 is 2.29 bits per heavy atom. The van der Waals surface area contributed by atoms with E-state index >= 15 is 0 Å². The van der Waals surface area contributed by atoms with Gasteiger partial charge in [-0.1, -0.05) is 6.92 Å². The van der Waals surface area contributed by atoms with Crippen LogP contribution >= 0.6 is 11.8 Å². The second-order valence-corrected chi connectivity index (χ2v) is 4.88. The fraction of sp³-hybridized carbons (Fsp3) is 0.700. The van der Waals surface area contributed by atoms with E-state index < -0.39 is 5.60 Å². The van der Waals surface area contributed by atoms with E-state index in [0.717, 1.165) is 17.1 Å². The molecule has 0 aliphatic rings. The minimum Gasteiger partial charge on any atom is -0.389 e. The minimum absolute atomic E-state index is 0.581. The maximum atomic E-state index is 9.83. The Morgan fingerprint density at radius 3 is 2.71 bits per heavy atom. The summed E-state index contributed by atoms with van der Waals surface area (Å²) >= 11 is 1.65. The van der Waals surface area contributed by atoms with Crippen molar-refractivity contribution in [1.29, 1.82) is 0 Å². The lowest BCUT2D eigenvalue weighted by molar-refractivity contribution is 0.0815. The van der Waals surface area contributed by atoms with Gasteiger partial charge in [-0.2, -0.15) is 5.10 Å². The maximum Gasteiger partial charge on any atom is 0.0940 e. The predicted molar refractivity (Wildman–Crippen MR) is 59.6 cm³/mol. The number of aromatic nitrogens is 2. The Morgan fingerprint density at radius 1 is 1.64 bits per heavy atom. The molecule has 1 heterocycles. The van der Waals surface area contributed by atoms with Gasteiger partial charge in [0, 0.05) is 12.8 Å².